The highest BCUT2D eigenvalue weighted by Gasteiger charge is 2.07. The third-order valence-corrected chi connectivity index (χ3v) is 4.17. The van der Waals surface area contributed by atoms with Crippen molar-refractivity contribution in [2.24, 2.45) is 0 Å². The lowest BCUT2D eigenvalue weighted by Crippen LogP contribution is -2.19. The van der Waals surface area contributed by atoms with Crippen molar-refractivity contribution in [2.75, 3.05) is 0 Å². The maximum absolute atomic E-state index is 12.0. The van der Waals surface area contributed by atoms with Crippen LogP contribution in [0.15, 0.2) is 59.5 Å². The van der Waals surface area contributed by atoms with Gasteiger partial charge in [0.2, 0.25) is 0 Å². The summed E-state index contributed by atoms with van der Waals surface area (Å²) in [5.41, 5.74) is 4.02. The third kappa shape index (κ3) is 3.72. The van der Waals surface area contributed by atoms with E-state index in [0.29, 0.717) is 11.1 Å². The van der Waals surface area contributed by atoms with Crippen molar-refractivity contribution in [3.63, 3.8) is 0 Å². The minimum atomic E-state index is -0.995. The Labute approximate surface area is 154 Å². The summed E-state index contributed by atoms with van der Waals surface area (Å²) in [5.74, 6) is -0.995. The molecule has 0 aliphatic rings. The molecule has 6 nitrogen and oxygen atoms in total. The minimum absolute atomic E-state index is 0.111. The number of carbonyl (C=O) groups excluding carboxylic acids is 1. The van der Waals surface area contributed by atoms with E-state index in [9.17, 15) is 14.7 Å². The van der Waals surface area contributed by atoms with Gasteiger partial charge in [0.1, 0.15) is 5.52 Å². The Morgan fingerprint density at radius 1 is 1.07 bits per heavy atom. The fraction of sp³-hybridized carbons (Fsp3) is 0.0952. The van der Waals surface area contributed by atoms with Gasteiger partial charge in [-0.2, -0.15) is 5.26 Å². The largest absolute Gasteiger partial charge is 0.550 e. The van der Waals surface area contributed by atoms with E-state index in [0.717, 1.165) is 27.4 Å². The van der Waals surface area contributed by atoms with Gasteiger partial charge in [-0.3, -0.25) is 4.79 Å². The molecular weight excluding hydrogens is 342 g/mol. The van der Waals surface area contributed by atoms with Crippen LogP contribution in [0.5, 0.6) is 0 Å². The van der Waals surface area contributed by atoms with Crippen LogP contribution >= 0.6 is 0 Å². The van der Waals surface area contributed by atoms with Crippen molar-refractivity contribution in [3.8, 4) is 17.2 Å². The molecule has 0 unspecified atom stereocenters. The number of fused-ring (bicyclic) bond motifs is 3. The van der Waals surface area contributed by atoms with Gasteiger partial charge in [0, 0.05) is 28.5 Å². The van der Waals surface area contributed by atoms with E-state index in [1.54, 1.807) is 18.3 Å². The maximum Gasteiger partial charge on any atom is 0.272 e. The van der Waals surface area contributed by atoms with Crippen LogP contribution < -0.4 is 10.7 Å². The van der Waals surface area contributed by atoms with Crippen LogP contribution in [-0.4, -0.2) is 15.9 Å². The fourth-order valence-electron chi connectivity index (χ4n) is 2.76. The minimum Gasteiger partial charge on any atom is -0.550 e. The summed E-state index contributed by atoms with van der Waals surface area (Å²) in [6.45, 7) is 1.54. The topological polar surface area (TPSA) is 113 Å². The number of carbonyl (C=O) groups is 1. The molecule has 0 aliphatic heterocycles. The van der Waals surface area contributed by atoms with Crippen LogP contribution in [0.1, 0.15) is 18.9 Å². The molecule has 2 N–H and O–H groups in total. The first kappa shape index (κ1) is 18.0. The molecule has 2 aromatic heterocycles. The predicted octanol–water partition coefficient (Wildman–Crippen LogP) is 2.69. The number of hydrogen-bond donors (Lipinski definition) is 2. The normalized spacial score (nSPS) is 10.2. The van der Waals surface area contributed by atoms with E-state index in [4.69, 9.17) is 5.26 Å². The van der Waals surface area contributed by atoms with Crippen molar-refractivity contribution in [1.29, 1.82) is 5.26 Å². The number of nitrogens with one attached hydrogen (secondary N) is 2. The first-order valence-corrected chi connectivity index (χ1v) is 8.37. The summed E-state index contributed by atoms with van der Waals surface area (Å²) in [6, 6.07) is 17.4. The average Bonchev–Trinajstić information content (AvgIpc) is 3.19. The first-order valence-electron chi connectivity index (χ1n) is 8.37. The number of carboxylic acid groups (broad SMARTS) is 1. The zero-order valence-electron chi connectivity index (χ0n) is 14.6. The van der Waals surface area contributed by atoms with E-state index < -0.39 is 5.97 Å². The zero-order chi connectivity index (χ0) is 19.4. The molecule has 0 saturated carbocycles. The molecule has 0 amide bonds. The first-order chi connectivity index (χ1) is 13.0. The van der Waals surface area contributed by atoms with E-state index >= 15 is 0 Å². The molecule has 0 aliphatic carbocycles. The molecule has 0 fully saturated rings. The van der Waals surface area contributed by atoms with Gasteiger partial charge in [-0.15, -0.1) is 0 Å². The number of nitriles is 1. The second-order valence-corrected chi connectivity index (χ2v) is 5.90. The molecule has 0 saturated heterocycles. The number of aliphatic carboxylic acids is 1. The SMILES string of the molecule is CCC(=O)[O-].N#Cc1ccc(-c2ccc3[nH]c(=O)c4[nH]ccc4c3c2)cc1. The number of pyridine rings is 1. The molecule has 134 valence electrons. The Morgan fingerprint density at radius 3 is 2.37 bits per heavy atom. The smallest absolute Gasteiger partial charge is 0.272 e. The summed E-state index contributed by atoms with van der Waals surface area (Å²) >= 11 is 0. The van der Waals surface area contributed by atoms with Gasteiger partial charge in [-0.05, 0) is 47.9 Å². The highest BCUT2D eigenvalue weighted by Crippen LogP contribution is 2.27. The Balaban J connectivity index is 0.000000376. The van der Waals surface area contributed by atoms with Crippen molar-refractivity contribution in [1.82, 2.24) is 9.97 Å². The summed E-state index contributed by atoms with van der Waals surface area (Å²) < 4.78 is 0. The molecule has 4 rings (SSSR count). The highest BCUT2D eigenvalue weighted by molar-refractivity contribution is 6.05. The van der Waals surface area contributed by atoms with E-state index in [1.807, 2.05) is 30.3 Å². The summed E-state index contributed by atoms with van der Waals surface area (Å²) in [6.07, 6.45) is 1.88. The summed E-state index contributed by atoms with van der Waals surface area (Å²) in [5, 5.41) is 20.0. The molecule has 0 atom stereocenters. The standard InChI is InChI=1S/C18H11N3O.C3H6O2/c19-10-11-1-3-12(4-2-11)13-5-6-16-15(9-13)14-7-8-20-17(14)18(22)21-16;1-2-3(4)5/h1-9,20H,(H,21,22);2H2,1H3,(H,4,5)/p-1. The predicted molar refractivity (Wildman–Crippen MR) is 102 cm³/mol. The second kappa shape index (κ2) is 7.58. The number of carboxylic acids is 1. The molecule has 0 bridgehead atoms. The summed E-state index contributed by atoms with van der Waals surface area (Å²) in [7, 11) is 0. The zero-order valence-corrected chi connectivity index (χ0v) is 14.6. The molecular formula is C21H16N3O3-. The van der Waals surface area contributed by atoms with Gasteiger partial charge in [0.25, 0.3) is 5.56 Å². The highest BCUT2D eigenvalue weighted by atomic mass is 16.4. The van der Waals surface area contributed by atoms with Gasteiger partial charge in [-0.1, -0.05) is 25.1 Å². The number of hydrogen-bond acceptors (Lipinski definition) is 4. The van der Waals surface area contributed by atoms with Gasteiger partial charge in [-0.25, -0.2) is 0 Å². The molecule has 0 radical (unpaired) electrons. The molecule has 27 heavy (non-hydrogen) atoms. The van der Waals surface area contributed by atoms with Crippen molar-refractivity contribution < 1.29 is 9.90 Å². The Bertz CT molecular complexity index is 1210. The lowest BCUT2D eigenvalue weighted by molar-refractivity contribution is -0.305. The third-order valence-electron chi connectivity index (χ3n) is 4.17. The van der Waals surface area contributed by atoms with Gasteiger partial charge in [0.15, 0.2) is 0 Å². The molecule has 2 aromatic carbocycles. The summed E-state index contributed by atoms with van der Waals surface area (Å²) in [4.78, 5) is 27.1. The number of benzene rings is 2. The van der Waals surface area contributed by atoms with E-state index in [-0.39, 0.29) is 12.0 Å². The molecule has 0 spiro atoms. The quantitative estimate of drug-likeness (QED) is 0.573. The molecule has 2 heterocycles. The number of aromatic nitrogens is 2. The van der Waals surface area contributed by atoms with Gasteiger partial charge < -0.3 is 19.9 Å². The second-order valence-electron chi connectivity index (χ2n) is 5.90. The van der Waals surface area contributed by atoms with Crippen molar-refractivity contribution in [3.05, 3.63) is 70.6 Å². The van der Waals surface area contributed by atoms with Crippen molar-refractivity contribution in [2.45, 2.75) is 13.3 Å². The molecule has 6 heteroatoms. The van der Waals surface area contributed by atoms with Crippen LogP contribution in [0.4, 0.5) is 0 Å². The average molecular weight is 358 g/mol. The van der Waals surface area contributed by atoms with E-state index in [1.165, 1.54) is 6.92 Å². The Hall–Kier alpha value is -3.85. The van der Waals surface area contributed by atoms with Crippen LogP contribution in [0.3, 0.4) is 0 Å². The van der Waals surface area contributed by atoms with Crippen LogP contribution in [0, 0.1) is 11.3 Å². The number of nitrogens with zero attached hydrogens (tertiary/aromatic N) is 1. The Kier molecular flexibility index (Phi) is 5.04. The van der Waals surface area contributed by atoms with Gasteiger partial charge >= 0.3 is 0 Å². The van der Waals surface area contributed by atoms with Crippen molar-refractivity contribution >= 4 is 27.8 Å². The molecule has 4 aromatic rings. The van der Waals surface area contributed by atoms with Gasteiger partial charge in [0.05, 0.1) is 11.6 Å². The monoisotopic (exact) mass is 358 g/mol. The number of H-pyrrole nitrogens is 2. The van der Waals surface area contributed by atoms with Crippen LogP contribution in [0.2, 0.25) is 0 Å². The lowest BCUT2D eigenvalue weighted by atomic mass is 10.0. The lowest BCUT2D eigenvalue weighted by Gasteiger charge is -2.05. The number of aromatic amines is 2. The van der Waals surface area contributed by atoms with E-state index in [2.05, 4.69) is 22.1 Å². The van der Waals surface area contributed by atoms with Crippen LogP contribution in [0.25, 0.3) is 32.9 Å². The van der Waals surface area contributed by atoms with Crippen LogP contribution in [-0.2, 0) is 4.79 Å². The fourth-order valence-corrected chi connectivity index (χ4v) is 2.76. The number of rotatable bonds is 2. The Morgan fingerprint density at radius 2 is 1.74 bits per heavy atom. The maximum atomic E-state index is 12.0.